The highest BCUT2D eigenvalue weighted by molar-refractivity contribution is 5.93. The number of hydrogen-bond donors (Lipinski definition) is 1. The number of rotatable bonds is 6. The Balaban J connectivity index is 2.28. The van der Waals surface area contributed by atoms with Crippen molar-refractivity contribution in [3.8, 4) is 23.0 Å². The molecule has 8 nitrogen and oxygen atoms in total. The molecule has 2 rings (SSSR count). The molecule has 0 aliphatic rings. The van der Waals surface area contributed by atoms with Crippen LogP contribution in [0.1, 0.15) is 20.7 Å². The van der Waals surface area contributed by atoms with Gasteiger partial charge in [-0.2, -0.15) is 0 Å². The zero-order chi connectivity index (χ0) is 23.4. The first-order valence-electron chi connectivity index (χ1n) is 7.74. The molecule has 0 saturated heterocycles. The molecule has 0 heterocycles. The minimum absolute atomic E-state index is 0.492. The highest BCUT2D eigenvalue weighted by Crippen LogP contribution is 2.31. The van der Waals surface area contributed by atoms with Crippen LogP contribution in [0.3, 0.4) is 0 Å². The monoisotopic (exact) mass is 456 g/mol. The lowest BCUT2D eigenvalue weighted by molar-refractivity contribution is -0.276. The van der Waals surface area contributed by atoms with Crippen LogP contribution >= 0.6 is 0 Å². The summed E-state index contributed by atoms with van der Waals surface area (Å²) < 4.78 is 86.3. The fraction of sp³-hybridized carbons (Fsp3) is 0.176. The minimum atomic E-state index is -5.19. The Bertz CT molecular complexity index is 970. The van der Waals surface area contributed by atoms with Gasteiger partial charge in [-0.1, -0.05) is 0 Å². The molecular weight excluding hydrogens is 446 g/mol. The summed E-state index contributed by atoms with van der Waals surface area (Å²) in [4.78, 5) is 32.4. The van der Waals surface area contributed by atoms with Crippen LogP contribution in [0.15, 0.2) is 36.4 Å². The van der Waals surface area contributed by atoms with Crippen LogP contribution in [0, 0.1) is 0 Å². The van der Waals surface area contributed by atoms with E-state index in [1.807, 2.05) is 0 Å². The normalized spacial score (nSPS) is 11.5. The summed E-state index contributed by atoms with van der Waals surface area (Å²) in [5.74, 6) is -6.01. The maximum absolute atomic E-state index is 12.5. The number of phenols is 1. The van der Waals surface area contributed by atoms with Gasteiger partial charge in [0.05, 0.1) is 12.7 Å². The summed E-state index contributed by atoms with van der Waals surface area (Å²) >= 11 is 0. The van der Waals surface area contributed by atoms with Crippen molar-refractivity contribution in [1.82, 2.24) is 0 Å². The predicted molar refractivity (Wildman–Crippen MR) is 85.3 cm³/mol. The minimum Gasteiger partial charge on any atom is -0.508 e. The average Bonchev–Trinajstić information content (AvgIpc) is 2.64. The Morgan fingerprint density at radius 2 is 1.45 bits per heavy atom. The van der Waals surface area contributed by atoms with Gasteiger partial charge in [0.15, 0.2) is 5.75 Å². The number of halogens is 6. The summed E-state index contributed by atoms with van der Waals surface area (Å²) in [6.45, 7) is 0. The second kappa shape index (κ2) is 8.89. The molecule has 0 saturated carbocycles. The first kappa shape index (κ1) is 23.4. The smallest absolute Gasteiger partial charge is 0.508 e. The third-order valence-electron chi connectivity index (χ3n) is 3.16. The topological polar surface area (TPSA) is 101 Å². The number of methoxy groups -OCH3 is 1. The van der Waals surface area contributed by atoms with Crippen LogP contribution in [-0.2, 0) is 9.62 Å². The lowest BCUT2D eigenvalue weighted by Gasteiger charge is -2.13. The molecule has 1 N–H and O–H groups in total. The zero-order valence-corrected chi connectivity index (χ0v) is 15.0. The van der Waals surface area contributed by atoms with E-state index < -0.39 is 58.8 Å². The van der Waals surface area contributed by atoms with Crippen molar-refractivity contribution in [3.63, 3.8) is 0 Å². The van der Waals surface area contributed by atoms with Crippen LogP contribution in [0.25, 0.3) is 0 Å². The Hall–Kier alpha value is -3.84. The van der Waals surface area contributed by atoms with Gasteiger partial charge in [-0.05, 0) is 24.3 Å². The maximum Gasteiger partial charge on any atom is 0.573 e. The molecule has 0 aromatic heterocycles. The van der Waals surface area contributed by atoms with Gasteiger partial charge in [0, 0.05) is 12.1 Å². The van der Waals surface area contributed by atoms with E-state index in [0.717, 1.165) is 19.2 Å². The van der Waals surface area contributed by atoms with Crippen LogP contribution in [0.5, 0.6) is 23.0 Å². The number of phenolic OH excluding ortho intramolecular Hbond substituents is 1. The number of aromatic hydroxyl groups is 1. The molecule has 0 unspecified atom stereocenters. The summed E-state index contributed by atoms with van der Waals surface area (Å²) in [6.07, 6.45) is -10.3. The van der Waals surface area contributed by atoms with Crippen molar-refractivity contribution in [2.75, 3.05) is 7.11 Å². The number of carbonyl (C=O) groups excluding carboxylic acids is 2. The van der Waals surface area contributed by atoms with Crippen molar-refractivity contribution < 1.29 is 65.0 Å². The molecular formula is C17H10F6O8. The highest BCUT2D eigenvalue weighted by Gasteiger charge is 2.34. The van der Waals surface area contributed by atoms with Gasteiger partial charge in [-0.3, -0.25) is 4.89 Å². The number of benzene rings is 2. The molecule has 168 valence electrons. The van der Waals surface area contributed by atoms with E-state index in [4.69, 9.17) is 0 Å². The molecule has 0 amide bonds. The van der Waals surface area contributed by atoms with E-state index in [-0.39, 0.29) is 0 Å². The molecule has 0 bridgehead atoms. The van der Waals surface area contributed by atoms with Crippen molar-refractivity contribution in [1.29, 1.82) is 0 Å². The standard InChI is InChI=1S/C17H10F6O8/c1-27-14(25)8-4-10(28-16(18,19)20)7-11(5-8)30-31-15(26)12-6-9(24)2-3-13(12)29-17(21,22)23/h2-7,24H,1H3. The SMILES string of the molecule is COC(=O)c1cc(OOC(=O)c2cc(O)ccc2OC(F)(F)F)cc(OC(F)(F)F)c1. The van der Waals surface area contributed by atoms with Gasteiger partial charge in [0.25, 0.3) is 0 Å². The number of alkyl halides is 6. The predicted octanol–water partition coefficient (Wildman–Crippen LogP) is 4.13. The number of carbonyl (C=O) groups is 2. The first-order chi connectivity index (χ1) is 14.3. The molecule has 0 aliphatic heterocycles. The van der Waals surface area contributed by atoms with Gasteiger partial charge in [-0.25, -0.2) is 14.5 Å². The van der Waals surface area contributed by atoms with Crippen molar-refractivity contribution in [2.45, 2.75) is 12.7 Å². The molecule has 0 radical (unpaired) electrons. The average molecular weight is 456 g/mol. The molecule has 2 aromatic carbocycles. The quantitative estimate of drug-likeness (QED) is 0.300. The van der Waals surface area contributed by atoms with Crippen LogP contribution in [-0.4, -0.2) is 36.9 Å². The summed E-state index contributed by atoms with van der Waals surface area (Å²) in [5.41, 5.74) is -1.41. The van der Waals surface area contributed by atoms with E-state index in [1.54, 1.807) is 0 Å². The van der Waals surface area contributed by atoms with Crippen molar-refractivity contribution >= 4 is 11.9 Å². The molecule has 0 aliphatic carbocycles. The van der Waals surface area contributed by atoms with E-state index in [1.165, 1.54) is 0 Å². The Labute approximate surface area is 168 Å². The third kappa shape index (κ3) is 7.17. The van der Waals surface area contributed by atoms with Gasteiger partial charge in [0.1, 0.15) is 22.8 Å². The van der Waals surface area contributed by atoms with Gasteiger partial charge >= 0.3 is 24.7 Å². The largest absolute Gasteiger partial charge is 0.573 e. The van der Waals surface area contributed by atoms with E-state index in [9.17, 15) is 41.0 Å². The van der Waals surface area contributed by atoms with Crippen LogP contribution in [0.4, 0.5) is 26.3 Å². The van der Waals surface area contributed by atoms with Crippen molar-refractivity contribution in [3.05, 3.63) is 47.5 Å². The molecule has 0 atom stereocenters. The second-order valence-electron chi connectivity index (χ2n) is 5.41. The second-order valence-corrected chi connectivity index (χ2v) is 5.41. The fourth-order valence-corrected chi connectivity index (χ4v) is 2.07. The zero-order valence-electron chi connectivity index (χ0n) is 15.0. The summed E-state index contributed by atoms with van der Waals surface area (Å²) in [6, 6.07) is 4.00. The number of esters is 1. The molecule has 2 aromatic rings. The van der Waals surface area contributed by atoms with Crippen molar-refractivity contribution in [2.24, 2.45) is 0 Å². The highest BCUT2D eigenvalue weighted by atomic mass is 19.4. The summed E-state index contributed by atoms with van der Waals surface area (Å²) in [5, 5.41) is 9.38. The van der Waals surface area contributed by atoms with E-state index in [2.05, 4.69) is 24.0 Å². The lowest BCUT2D eigenvalue weighted by Crippen LogP contribution is -2.20. The van der Waals surface area contributed by atoms with Gasteiger partial charge in [0.2, 0.25) is 0 Å². The van der Waals surface area contributed by atoms with E-state index >= 15 is 0 Å². The van der Waals surface area contributed by atoms with Gasteiger partial charge in [-0.15, -0.1) is 26.3 Å². The molecule has 31 heavy (non-hydrogen) atoms. The number of ether oxygens (including phenoxy) is 3. The summed E-state index contributed by atoms with van der Waals surface area (Å²) in [7, 11) is 0.935. The fourth-order valence-electron chi connectivity index (χ4n) is 2.07. The Kier molecular flexibility index (Phi) is 6.72. The lowest BCUT2D eigenvalue weighted by atomic mass is 10.2. The van der Waals surface area contributed by atoms with Crippen LogP contribution in [0.2, 0.25) is 0 Å². The Morgan fingerprint density at radius 1 is 0.839 bits per heavy atom. The molecule has 14 heteroatoms. The van der Waals surface area contributed by atoms with Crippen LogP contribution < -0.4 is 14.4 Å². The molecule has 0 fully saturated rings. The Morgan fingerprint density at radius 3 is 2.03 bits per heavy atom. The van der Waals surface area contributed by atoms with Gasteiger partial charge < -0.3 is 19.3 Å². The van der Waals surface area contributed by atoms with E-state index in [0.29, 0.717) is 24.3 Å². The first-order valence-corrected chi connectivity index (χ1v) is 7.74. The number of hydrogen-bond acceptors (Lipinski definition) is 8. The maximum atomic E-state index is 12.5. The molecule has 0 spiro atoms. The third-order valence-corrected chi connectivity index (χ3v) is 3.16.